The molecule has 1 fully saturated rings. The number of methoxy groups -OCH3 is 1. The number of piperidine rings is 1. The molecule has 2 aliphatic rings. The summed E-state index contributed by atoms with van der Waals surface area (Å²) in [6, 6.07) is 27.7. The molecule has 5 heteroatoms. The average Bonchev–Trinajstić information content (AvgIpc) is 3.23. The molecule has 0 unspecified atom stereocenters. The summed E-state index contributed by atoms with van der Waals surface area (Å²) in [7, 11) is 1.63. The van der Waals surface area contributed by atoms with Gasteiger partial charge in [-0.05, 0) is 89.8 Å². The molecule has 2 heterocycles. The van der Waals surface area contributed by atoms with E-state index in [-0.39, 0.29) is 17.1 Å². The molecule has 0 bridgehead atoms. The molecule has 1 amide bonds. The lowest BCUT2D eigenvalue weighted by Crippen LogP contribution is -2.46. The highest BCUT2D eigenvalue weighted by Crippen LogP contribution is 2.47. The Labute approximate surface area is 217 Å². The van der Waals surface area contributed by atoms with E-state index < -0.39 is 0 Å². The zero-order valence-corrected chi connectivity index (χ0v) is 21.1. The minimum atomic E-state index is -0.235. The molecule has 37 heavy (non-hydrogen) atoms. The molecule has 4 aromatic carbocycles. The number of hydrogen-bond acceptors (Lipinski definition) is 3. The number of amides is 1. The highest BCUT2D eigenvalue weighted by atomic mass is 19.1. The zero-order valence-electron chi connectivity index (χ0n) is 21.1. The first-order valence-electron chi connectivity index (χ1n) is 13.0. The van der Waals surface area contributed by atoms with Crippen LogP contribution in [-0.2, 0) is 23.2 Å². The first kappa shape index (κ1) is 23.7. The predicted molar refractivity (Wildman–Crippen MR) is 146 cm³/mol. The second kappa shape index (κ2) is 9.64. The number of halogens is 1. The van der Waals surface area contributed by atoms with Crippen molar-refractivity contribution >= 4 is 22.4 Å². The molecule has 1 spiro atoms. The van der Waals surface area contributed by atoms with Crippen LogP contribution in [0.25, 0.3) is 10.8 Å². The van der Waals surface area contributed by atoms with Crippen LogP contribution in [-0.4, -0.2) is 37.6 Å². The Morgan fingerprint density at radius 3 is 2.38 bits per heavy atom. The molecular weight excluding hydrogens is 463 g/mol. The van der Waals surface area contributed by atoms with Crippen molar-refractivity contribution in [3.05, 3.63) is 107 Å². The Balaban J connectivity index is 1.18. The molecule has 0 atom stereocenters. The van der Waals surface area contributed by atoms with E-state index in [1.165, 1.54) is 22.4 Å². The number of nitrogens with zero attached hydrogens (tertiary/aromatic N) is 2. The largest absolute Gasteiger partial charge is 0.497 e. The van der Waals surface area contributed by atoms with Gasteiger partial charge in [0.15, 0.2) is 0 Å². The average molecular weight is 495 g/mol. The van der Waals surface area contributed by atoms with Gasteiger partial charge in [0.05, 0.1) is 13.5 Å². The summed E-state index contributed by atoms with van der Waals surface area (Å²) in [5.74, 6) is 0.585. The van der Waals surface area contributed by atoms with Crippen LogP contribution in [0.4, 0.5) is 10.1 Å². The lowest BCUT2D eigenvalue weighted by atomic mass is 9.74. The molecule has 4 nitrogen and oxygen atoms in total. The van der Waals surface area contributed by atoms with E-state index in [1.54, 1.807) is 19.2 Å². The van der Waals surface area contributed by atoms with E-state index in [4.69, 9.17) is 4.74 Å². The minimum absolute atomic E-state index is 0.0495. The molecule has 0 saturated carbocycles. The van der Waals surface area contributed by atoms with E-state index in [9.17, 15) is 9.18 Å². The molecule has 0 aliphatic carbocycles. The maximum atomic E-state index is 14.4. The van der Waals surface area contributed by atoms with Gasteiger partial charge in [-0.2, -0.15) is 0 Å². The van der Waals surface area contributed by atoms with Crippen LogP contribution >= 0.6 is 0 Å². The van der Waals surface area contributed by atoms with E-state index in [1.807, 2.05) is 29.2 Å². The summed E-state index contributed by atoms with van der Waals surface area (Å²) >= 11 is 0. The fraction of sp³-hybridized carbons (Fsp3) is 0.281. The third kappa shape index (κ3) is 4.60. The molecule has 0 radical (unpaired) electrons. The van der Waals surface area contributed by atoms with Gasteiger partial charge in [0.25, 0.3) is 0 Å². The zero-order chi connectivity index (χ0) is 25.4. The third-order valence-corrected chi connectivity index (χ3v) is 8.13. The molecule has 0 N–H and O–H groups in total. The molecule has 2 aliphatic heterocycles. The number of fused-ring (bicyclic) bond motifs is 3. The maximum absolute atomic E-state index is 14.4. The highest BCUT2D eigenvalue weighted by molar-refractivity contribution is 5.97. The number of benzene rings is 4. The first-order valence-corrected chi connectivity index (χ1v) is 13.0. The van der Waals surface area contributed by atoms with Crippen molar-refractivity contribution in [1.82, 2.24) is 4.90 Å². The van der Waals surface area contributed by atoms with Gasteiger partial charge in [0.1, 0.15) is 11.6 Å². The number of carbonyl (C=O) groups is 1. The van der Waals surface area contributed by atoms with Gasteiger partial charge < -0.3 is 9.64 Å². The summed E-state index contributed by atoms with van der Waals surface area (Å²) in [5, 5.41) is 2.52. The Hall–Kier alpha value is -3.70. The number of carbonyl (C=O) groups excluding carboxylic acids is 1. The van der Waals surface area contributed by atoms with E-state index in [2.05, 4.69) is 47.4 Å². The number of rotatable bonds is 5. The summed E-state index contributed by atoms with van der Waals surface area (Å²) in [6.07, 6.45) is 2.12. The van der Waals surface area contributed by atoms with Crippen molar-refractivity contribution < 1.29 is 13.9 Å². The Morgan fingerprint density at radius 2 is 1.62 bits per heavy atom. The lowest BCUT2D eigenvalue weighted by Gasteiger charge is -2.40. The molecule has 0 aromatic heterocycles. The maximum Gasteiger partial charge on any atom is 0.231 e. The predicted octanol–water partition coefficient (Wildman–Crippen LogP) is 6.11. The van der Waals surface area contributed by atoms with E-state index >= 15 is 0 Å². The normalized spacial score (nSPS) is 16.8. The minimum Gasteiger partial charge on any atom is -0.497 e. The Morgan fingerprint density at radius 1 is 0.892 bits per heavy atom. The highest BCUT2D eigenvalue weighted by Gasteiger charge is 2.46. The van der Waals surface area contributed by atoms with Crippen molar-refractivity contribution in [2.24, 2.45) is 0 Å². The van der Waals surface area contributed by atoms with Crippen LogP contribution in [0.2, 0.25) is 0 Å². The summed E-state index contributed by atoms with van der Waals surface area (Å²) in [6.45, 7) is 3.36. The van der Waals surface area contributed by atoms with Gasteiger partial charge in [-0.3, -0.25) is 9.69 Å². The fourth-order valence-electron chi connectivity index (χ4n) is 6.04. The smallest absolute Gasteiger partial charge is 0.231 e. The summed E-state index contributed by atoms with van der Waals surface area (Å²) in [5.41, 5.74) is 3.90. The number of hydrogen-bond donors (Lipinski definition) is 0. The van der Waals surface area contributed by atoms with Gasteiger partial charge in [-0.15, -0.1) is 0 Å². The van der Waals surface area contributed by atoms with Crippen LogP contribution in [0, 0.1) is 5.82 Å². The van der Waals surface area contributed by atoms with Crippen LogP contribution in [0.15, 0.2) is 84.9 Å². The molecule has 6 rings (SSSR count). The number of ether oxygens (including phenoxy) is 1. The van der Waals surface area contributed by atoms with Gasteiger partial charge >= 0.3 is 0 Å². The second-order valence-electron chi connectivity index (χ2n) is 10.4. The standard InChI is InChI=1S/C32H31FN2O2/c1-37-28-11-7-23(8-12-28)19-31(36)35-22-32(29-20-27(33)10-13-30(29)35)14-16-34(17-15-32)21-24-6-9-25-4-2-3-5-26(25)18-24/h2-13,18,20H,14-17,19,21-22H2,1H3. The van der Waals surface area contributed by atoms with Gasteiger partial charge in [-0.1, -0.05) is 48.5 Å². The van der Waals surface area contributed by atoms with Crippen molar-refractivity contribution in [3.63, 3.8) is 0 Å². The topological polar surface area (TPSA) is 32.8 Å². The second-order valence-corrected chi connectivity index (χ2v) is 10.4. The fourth-order valence-corrected chi connectivity index (χ4v) is 6.04. The molecule has 188 valence electrons. The van der Waals surface area contributed by atoms with Crippen LogP contribution in [0.5, 0.6) is 5.75 Å². The Kier molecular flexibility index (Phi) is 6.17. The SMILES string of the molecule is COc1ccc(CC(=O)N2CC3(CCN(Cc4ccc5ccccc5c4)CC3)c3cc(F)ccc32)cc1. The van der Waals surface area contributed by atoms with Crippen molar-refractivity contribution in [2.45, 2.75) is 31.2 Å². The quantitative estimate of drug-likeness (QED) is 0.336. The molecular formula is C32H31FN2O2. The third-order valence-electron chi connectivity index (χ3n) is 8.13. The van der Waals surface area contributed by atoms with Gasteiger partial charge in [0, 0.05) is 24.2 Å². The first-order chi connectivity index (χ1) is 18.0. The van der Waals surface area contributed by atoms with Crippen molar-refractivity contribution in [3.8, 4) is 5.75 Å². The number of anilines is 1. The molecule has 4 aromatic rings. The van der Waals surface area contributed by atoms with E-state index in [0.29, 0.717) is 13.0 Å². The molecule has 1 saturated heterocycles. The van der Waals surface area contributed by atoms with Crippen molar-refractivity contribution in [2.75, 3.05) is 31.6 Å². The lowest BCUT2D eigenvalue weighted by molar-refractivity contribution is -0.118. The van der Waals surface area contributed by atoms with Crippen LogP contribution in [0.3, 0.4) is 0 Å². The van der Waals surface area contributed by atoms with E-state index in [0.717, 1.165) is 55.0 Å². The Bertz CT molecular complexity index is 1440. The van der Waals surface area contributed by atoms with Gasteiger partial charge in [0.2, 0.25) is 5.91 Å². The number of likely N-dealkylation sites (tertiary alicyclic amines) is 1. The summed E-state index contributed by atoms with van der Waals surface area (Å²) < 4.78 is 19.6. The van der Waals surface area contributed by atoms with Gasteiger partial charge in [-0.25, -0.2) is 4.39 Å². The summed E-state index contributed by atoms with van der Waals surface area (Å²) in [4.78, 5) is 17.8. The van der Waals surface area contributed by atoms with Crippen molar-refractivity contribution in [1.29, 1.82) is 0 Å². The van der Waals surface area contributed by atoms with Crippen LogP contribution in [0.1, 0.15) is 29.5 Å². The van der Waals surface area contributed by atoms with Crippen LogP contribution < -0.4 is 9.64 Å². The monoisotopic (exact) mass is 494 g/mol.